The first kappa shape index (κ1) is 52.2. The van der Waals surface area contributed by atoms with Crippen LogP contribution in [0, 0.1) is 13.8 Å². The van der Waals surface area contributed by atoms with E-state index in [4.69, 9.17) is 18.9 Å². The minimum atomic E-state index is -5.43. The van der Waals surface area contributed by atoms with Gasteiger partial charge in [-0.25, -0.2) is 0 Å². The Kier molecular flexibility index (Phi) is 24.4. The largest absolute Gasteiger partial charge is 1.00 e. The molecule has 0 fully saturated rings. The number of aryl methyl sites for hydroxylation is 2. The molecule has 2 heterocycles. The van der Waals surface area contributed by atoms with Gasteiger partial charge in [-0.1, -0.05) is 12.1 Å². The van der Waals surface area contributed by atoms with Crippen LogP contribution in [-0.2, 0) is 29.9 Å². The average molecular weight is 1120 g/mol. The number of nitrogens with zero attached hydrogens (tertiary/aromatic N) is 4. The van der Waals surface area contributed by atoms with Crippen molar-refractivity contribution in [1.82, 2.24) is 20.0 Å². The first-order valence-electron chi connectivity index (χ1n) is 15.4. The predicted octanol–water partition coefficient (Wildman–Crippen LogP) is 1.32. The van der Waals surface area contributed by atoms with Crippen molar-refractivity contribution in [3.63, 3.8) is 0 Å². The van der Waals surface area contributed by atoms with E-state index >= 15 is 0 Å². The third-order valence-electron chi connectivity index (χ3n) is 5.80. The molecule has 4 aromatic rings. The Balaban J connectivity index is 0.000000748. The molecule has 0 radical (unpaired) electrons. The van der Waals surface area contributed by atoms with Crippen LogP contribution in [0.25, 0.3) is 5.69 Å². The fraction of sp³-hybridized carbons (Fsp3) is 0.294. The Morgan fingerprint density at radius 3 is 1.41 bits per heavy atom. The molecule has 0 aliphatic heterocycles. The van der Waals surface area contributed by atoms with E-state index < -0.39 is 46.9 Å². The fourth-order valence-electron chi connectivity index (χ4n) is 3.77. The normalized spacial score (nSPS) is 9.71. The van der Waals surface area contributed by atoms with Gasteiger partial charge in [-0.3, -0.25) is 4.79 Å². The smallest absolute Gasteiger partial charge is 0.857 e. The van der Waals surface area contributed by atoms with E-state index in [-0.39, 0.29) is 41.0 Å². The molecule has 0 aliphatic carbocycles. The van der Waals surface area contributed by atoms with Crippen molar-refractivity contribution >= 4 is 78.7 Å². The molecule has 0 saturated carbocycles. The van der Waals surface area contributed by atoms with Gasteiger partial charge < -0.3 is 24.1 Å². The molecule has 0 aliphatic rings. The Hall–Kier alpha value is -3.84. The molecule has 0 spiro atoms. The van der Waals surface area contributed by atoms with Crippen LogP contribution < -0.4 is 59.2 Å². The number of hydrogen-bond acceptors (Lipinski definition) is 17. The number of carbonyl (C=O) groups is 4. The van der Waals surface area contributed by atoms with Gasteiger partial charge in [-0.05, 0) is 82.1 Å². The molecular weight excluding hydrogens is 1080 g/mol. The van der Waals surface area contributed by atoms with Crippen LogP contribution in [0.3, 0.4) is 0 Å². The SMILES string of the molecule is CC(=O)[O][Pb]([O]C(C)=O)([O]C(C)=O)[O]C(C)=O.COc1ccc(-n2nc(C)cc(Br)c2=O)cc1OC.COc1ccccc1OC.Cc1cc(Br)c([O-])nn1.[Na+]. The molecule has 0 amide bonds. The first-order valence-corrected chi connectivity index (χ1v) is 23.4. The van der Waals surface area contributed by atoms with Crippen molar-refractivity contribution in [2.45, 2.75) is 41.5 Å². The number of ether oxygens (including phenoxy) is 4. The summed E-state index contributed by atoms with van der Waals surface area (Å²) in [6.07, 6.45) is 0. The van der Waals surface area contributed by atoms with Crippen LogP contribution in [0.1, 0.15) is 39.1 Å². The van der Waals surface area contributed by atoms with Gasteiger partial charge in [0.05, 0.1) is 50.0 Å². The van der Waals surface area contributed by atoms with E-state index in [0.29, 0.717) is 26.1 Å². The number of aromatic nitrogens is 4. The molecule has 0 bridgehead atoms. The van der Waals surface area contributed by atoms with Gasteiger partial charge in [0.1, 0.15) is 0 Å². The molecule has 22 heteroatoms. The summed E-state index contributed by atoms with van der Waals surface area (Å²) in [5, 5.41) is 21.6. The number of carbonyl (C=O) groups excluding carboxylic acids is 4. The number of rotatable bonds is 9. The zero-order chi connectivity index (χ0) is 41.9. The number of benzene rings is 2. The van der Waals surface area contributed by atoms with Gasteiger partial charge in [0.2, 0.25) is 0 Å². The number of para-hydroxylation sites is 2. The minimum absolute atomic E-state index is 0. The number of methoxy groups -OCH3 is 4. The summed E-state index contributed by atoms with van der Waals surface area (Å²) in [5.74, 6) is -1.15. The average Bonchev–Trinajstić information content (AvgIpc) is 3.10. The summed E-state index contributed by atoms with van der Waals surface area (Å²) >= 11 is 0.832. The van der Waals surface area contributed by atoms with Crippen LogP contribution in [0.4, 0.5) is 0 Å². The quantitative estimate of drug-likeness (QED) is 0.216. The third kappa shape index (κ3) is 18.4. The third-order valence-corrected chi connectivity index (χ3v) is 15.3. The summed E-state index contributed by atoms with van der Waals surface area (Å²) in [6.45, 7) is 7.62. The van der Waals surface area contributed by atoms with E-state index in [2.05, 4.69) is 57.9 Å². The summed E-state index contributed by atoms with van der Waals surface area (Å²) in [6, 6.07) is 16.0. The molecule has 4 rings (SSSR count). The summed E-state index contributed by atoms with van der Waals surface area (Å²) < 4.78 is 41.2. The van der Waals surface area contributed by atoms with Gasteiger partial charge in [0.25, 0.3) is 5.56 Å². The van der Waals surface area contributed by atoms with Crippen LogP contribution in [0.15, 0.2) is 68.3 Å². The Labute approximate surface area is 368 Å². The van der Waals surface area contributed by atoms with Gasteiger partial charge in [-0.2, -0.15) is 20.0 Å². The van der Waals surface area contributed by atoms with Crippen molar-refractivity contribution in [2.75, 3.05) is 28.4 Å². The van der Waals surface area contributed by atoms with Crippen LogP contribution in [-0.4, -0.2) is 95.3 Å². The molecule has 18 nitrogen and oxygen atoms in total. The van der Waals surface area contributed by atoms with Crippen LogP contribution in [0.2, 0.25) is 0 Å². The summed E-state index contributed by atoms with van der Waals surface area (Å²) in [4.78, 5) is 55.5. The van der Waals surface area contributed by atoms with Crippen molar-refractivity contribution in [1.29, 1.82) is 0 Å². The van der Waals surface area contributed by atoms with Crippen LogP contribution in [0.5, 0.6) is 28.9 Å². The maximum Gasteiger partial charge on any atom is 1.00 e. The van der Waals surface area contributed by atoms with Gasteiger partial charge in [0.15, 0.2) is 23.0 Å². The topological polar surface area (TPSA) is 226 Å². The zero-order valence-electron chi connectivity index (χ0n) is 32.5. The maximum atomic E-state index is 12.1. The second-order valence-electron chi connectivity index (χ2n) is 10.3. The monoisotopic (exact) mass is 1120 g/mol. The molecule has 298 valence electrons. The maximum absolute atomic E-state index is 12.1. The fourth-order valence-corrected chi connectivity index (χ4v) is 11.1. The van der Waals surface area contributed by atoms with Crippen molar-refractivity contribution in [2.24, 2.45) is 0 Å². The Morgan fingerprint density at radius 1 is 0.625 bits per heavy atom. The van der Waals surface area contributed by atoms with Crippen molar-refractivity contribution in [3.05, 3.63) is 85.3 Å². The van der Waals surface area contributed by atoms with E-state index in [1.807, 2.05) is 31.2 Å². The molecule has 2 aromatic carbocycles. The zero-order valence-corrected chi connectivity index (χ0v) is 41.5. The molecule has 2 aromatic heterocycles. The van der Waals surface area contributed by atoms with E-state index in [0.717, 1.165) is 50.6 Å². The second kappa shape index (κ2) is 26.2. The molecule has 0 saturated heterocycles. The van der Waals surface area contributed by atoms with E-state index in [1.54, 1.807) is 65.7 Å². The Bertz CT molecular complexity index is 1910. The van der Waals surface area contributed by atoms with Crippen molar-refractivity contribution < 1.29 is 83.5 Å². The van der Waals surface area contributed by atoms with Crippen molar-refractivity contribution in [3.8, 4) is 34.6 Å². The van der Waals surface area contributed by atoms with Gasteiger partial charge in [-0.15, -0.1) is 0 Å². The minimum Gasteiger partial charge on any atom is -0.857 e. The molecule has 0 unspecified atom stereocenters. The second-order valence-corrected chi connectivity index (χ2v) is 19.0. The van der Waals surface area contributed by atoms with Crippen LogP contribution >= 0.6 is 31.9 Å². The Morgan fingerprint density at radius 2 is 1.04 bits per heavy atom. The number of halogens is 2. The summed E-state index contributed by atoms with van der Waals surface area (Å²) in [5.41, 5.74) is 1.87. The summed E-state index contributed by atoms with van der Waals surface area (Å²) in [7, 11) is 6.35. The molecule has 56 heavy (non-hydrogen) atoms. The standard InChI is InChI=1S/C13H13BrN2O3.C8H10O2.C5H5BrN2O.4C2H4O2.Na.Pb/c1-8-6-10(14)13(17)16(15-8)9-4-5-11(18-2)12(7-9)19-3;1-9-7-5-3-4-6-8(7)10-2;1-3-2-4(6)5(9)8-7-3;4*1-2(3)4;;/h4-7H,1-3H3;3-6H,1-2H3;2H,1H3,(H,8,9);4*1H3,(H,3,4);;/q;;;;;;;+1;+4/p-5. The van der Waals surface area contributed by atoms with E-state index in [9.17, 15) is 29.1 Å². The number of hydrogen-bond donors (Lipinski definition) is 0. The molecular formula is C34H39Br2N4NaO14Pb. The van der Waals surface area contributed by atoms with Gasteiger partial charge >= 0.3 is 134 Å². The van der Waals surface area contributed by atoms with E-state index in [1.165, 1.54) is 4.68 Å². The molecule has 0 atom stereocenters. The first-order chi connectivity index (χ1) is 25.8. The predicted molar refractivity (Wildman–Crippen MR) is 202 cm³/mol. The van der Waals surface area contributed by atoms with Gasteiger partial charge in [0, 0.05) is 16.4 Å². The molecule has 0 N–H and O–H groups in total.